The van der Waals surface area contributed by atoms with E-state index in [2.05, 4.69) is 5.32 Å². The molecule has 0 radical (unpaired) electrons. The van der Waals surface area contributed by atoms with E-state index in [9.17, 15) is 37.8 Å². The molecule has 2 rings (SSSR count). The first-order valence-corrected chi connectivity index (χ1v) is 7.43. The third kappa shape index (κ3) is 5.51. The Bertz CT molecular complexity index is 837. The zero-order chi connectivity index (χ0) is 20.7. The first-order chi connectivity index (χ1) is 12.6. The predicted molar refractivity (Wildman–Crippen MR) is 90.7 cm³/mol. The summed E-state index contributed by atoms with van der Waals surface area (Å²) < 4.78 is 49.2. The van der Waals surface area contributed by atoms with E-state index >= 15 is 0 Å². The number of benzene rings is 2. The number of alkyl halides is 4. The third-order valence-electron chi connectivity index (χ3n) is 3.19. The van der Waals surface area contributed by atoms with Crippen molar-refractivity contribution in [1.29, 1.82) is 0 Å². The lowest BCUT2D eigenvalue weighted by Gasteiger charge is -2.05. The van der Waals surface area contributed by atoms with Gasteiger partial charge in [0.25, 0.3) is 18.5 Å². The summed E-state index contributed by atoms with van der Waals surface area (Å²) in [6, 6.07) is 7.20. The highest BCUT2D eigenvalue weighted by atomic mass is 35.5. The summed E-state index contributed by atoms with van der Waals surface area (Å²) >= 11 is 5.39. The van der Waals surface area contributed by atoms with Crippen LogP contribution in [0.5, 0.6) is 0 Å². The number of para-hydroxylation sites is 2. The summed E-state index contributed by atoms with van der Waals surface area (Å²) in [5.41, 5.74) is -2.42. The number of nitrogens with zero attached hydrogens (tertiary/aromatic N) is 2. The van der Waals surface area contributed by atoms with Gasteiger partial charge in [0, 0.05) is 7.05 Å². The highest BCUT2D eigenvalue weighted by Crippen LogP contribution is 2.35. The van der Waals surface area contributed by atoms with Gasteiger partial charge >= 0.3 is 5.69 Å². The molecule has 0 spiro atoms. The van der Waals surface area contributed by atoms with Crippen molar-refractivity contribution in [2.75, 3.05) is 12.4 Å². The maximum atomic E-state index is 12.4. The molecule has 7 nitrogen and oxygen atoms in total. The summed E-state index contributed by atoms with van der Waals surface area (Å²) in [4.78, 5) is 19.1. The van der Waals surface area contributed by atoms with Gasteiger partial charge in [0.1, 0.15) is 10.7 Å². The normalized spacial score (nSPS) is 10.4. The fraction of sp³-hybridized carbons (Fsp3) is 0.200. The van der Waals surface area contributed by atoms with Crippen LogP contribution >= 0.6 is 11.6 Å². The van der Waals surface area contributed by atoms with Crippen molar-refractivity contribution in [3.8, 4) is 0 Å². The number of rotatable bonds is 5. The van der Waals surface area contributed by atoms with Crippen LogP contribution < -0.4 is 5.32 Å². The van der Waals surface area contributed by atoms with Gasteiger partial charge in [-0.2, -0.15) is 0 Å². The lowest BCUT2D eigenvalue weighted by atomic mass is 10.1. The molecule has 0 fully saturated rings. The van der Waals surface area contributed by atoms with Crippen LogP contribution in [0.1, 0.15) is 24.0 Å². The van der Waals surface area contributed by atoms with E-state index in [0.29, 0.717) is 0 Å². The minimum atomic E-state index is -2.89. The first-order valence-electron chi connectivity index (χ1n) is 7.05. The Morgan fingerprint density at radius 2 is 1.33 bits per heavy atom. The van der Waals surface area contributed by atoms with Crippen molar-refractivity contribution in [3.05, 3.63) is 72.8 Å². The van der Waals surface area contributed by atoms with Gasteiger partial charge in [0.15, 0.2) is 0 Å². The van der Waals surface area contributed by atoms with Gasteiger partial charge in [-0.05, 0) is 24.3 Å². The average Bonchev–Trinajstić information content (AvgIpc) is 2.60. The quantitative estimate of drug-likeness (QED) is 0.384. The number of nitro benzene ring substituents is 2. The molecule has 0 aliphatic carbocycles. The molecular formula is C15H12ClF4N3O4. The molecule has 0 aliphatic rings. The zero-order valence-corrected chi connectivity index (χ0v) is 14.3. The van der Waals surface area contributed by atoms with Crippen LogP contribution in [0.25, 0.3) is 0 Å². The summed E-state index contributed by atoms with van der Waals surface area (Å²) in [6.07, 6.45) is -5.73. The third-order valence-corrected chi connectivity index (χ3v) is 3.49. The van der Waals surface area contributed by atoms with Gasteiger partial charge in [-0.3, -0.25) is 20.2 Å². The SMILES string of the molecule is CNc1cccc(C(F)F)c1[N+](=O)[O-].O=[N+]([O-])c1c(Cl)cccc1C(F)F. The largest absolute Gasteiger partial charge is 0.383 e. The minimum absolute atomic E-state index is 0.0906. The number of hydrogen-bond acceptors (Lipinski definition) is 5. The van der Waals surface area contributed by atoms with Crippen LogP contribution in [-0.2, 0) is 0 Å². The van der Waals surface area contributed by atoms with E-state index in [1.807, 2.05) is 0 Å². The Labute approximate surface area is 154 Å². The van der Waals surface area contributed by atoms with Crippen LogP contribution in [0, 0.1) is 20.2 Å². The molecule has 12 heteroatoms. The first kappa shape index (κ1) is 22.1. The molecule has 27 heavy (non-hydrogen) atoms. The molecule has 1 N–H and O–H groups in total. The van der Waals surface area contributed by atoms with E-state index < -0.39 is 45.2 Å². The Balaban J connectivity index is 0.000000271. The second-order valence-corrected chi connectivity index (χ2v) is 5.19. The molecule has 0 amide bonds. The van der Waals surface area contributed by atoms with Crippen LogP contribution in [0.4, 0.5) is 34.6 Å². The highest BCUT2D eigenvalue weighted by Gasteiger charge is 2.25. The van der Waals surface area contributed by atoms with Crippen molar-refractivity contribution < 1.29 is 27.4 Å². The summed E-state index contributed by atoms with van der Waals surface area (Å²) in [7, 11) is 1.44. The monoisotopic (exact) mass is 409 g/mol. The number of anilines is 1. The maximum Gasteiger partial charge on any atom is 0.301 e. The van der Waals surface area contributed by atoms with Crippen molar-refractivity contribution in [2.24, 2.45) is 0 Å². The van der Waals surface area contributed by atoms with E-state index in [1.54, 1.807) is 0 Å². The highest BCUT2D eigenvalue weighted by molar-refractivity contribution is 6.32. The Morgan fingerprint density at radius 1 is 0.889 bits per heavy atom. The standard InChI is InChI=1S/C8H8F2N2O2.C7H4ClF2NO2/c1-11-6-4-2-3-5(8(9)10)7(6)12(13)14;8-5-3-1-2-4(7(9)10)6(5)11(12)13/h2-4,8,11H,1H3;1-3,7H. The van der Waals surface area contributed by atoms with Crippen LogP contribution in [-0.4, -0.2) is 16.9 Å². The lowest BCUT2D eigenvalue weighted by Crippen LogP contribution is -2.01. The average molecular weight is 410 g/mol. The fourth-order valence-electron chi connectivity index (χ4n) is 2.04. The van der Waals surface area contributed by atoms with Gasteiger partial charge in [-0.15, -0.1) is 0 Å². The van der Waals surface area contributed by atoms with Gasteiger partial charge in [-0.1, -0.05) is 23.7 Å². The Morgan fingerprint density at radius 3 is 1.70 bits per heavy atom. The minimum Gasteiger partial charge on any atom is -0.383 e. The van der Waals surface area contributed by atoms with Crippen molar-refractivity contribution in [2.45, 2.75) is 12.9 Å². The number of halogens is 5. The molecule has 146 valence electrons. The van der Waals surface area contributed by atoms with Crippen molar-refractivity contribution in [3.63, 3.8) is 0 Å². The molecule has 0 saturated carbocycles. The predicted octanol–water partition coefficient (Wildman–Crippen LogP) is 5.76. The summed E-state index contributed by atoms with van der Waals surface area (Å²) in [5, 5.41) is 23.1. The second kappa shape index (κ2) is 9.67. The van der Waals surface area contributed by atoms with E-state index in [0.717, 1.165) is 12.1 Å². The second-order valence-electron chi connectivity index (χ2n) is 4.79. The fourth-order valence-corrected chi connectivity index (χ4v) is 2.29. The van der Waals surface area contributed by atoms with E-state index in [-0.39, 0.29) is 10.7 Å². The maximum absolute atomic E-state index is 12.4. The van der Waals surface area contributed by atoms with Crippen molar-refractivity contribution >= 4 is 28.7 Å². The van der Waals surface area contributed by atoms with Gasteiger partial charge < -0.3 is 5.32 Å². The Hall–Kier alpha value is -2.95. The lowest BCUT2D eigenvalue weighted by molar-refractivity contribution is -0.386. The number of nitro groups is 2. The summed E-state index contributed by atoms with van der Waals surface area (Å²) in [5.74, 6) is 0. The summed E-state index contributed by atoms with van der Waals surface area (Å²) in [6.45, 7) is 0. The van der Waals surface area contributed by atoms with Gasteiger partial charge in [-0.25, -0.2) is 17.6 Å². The van der Waals surface area contributed by atoms with Crippen LogP contribution in [0.15, 0.2) is 36.4 Å². The molecule has 0 atom stereocenters. The molecule has 0 unspecified atom stereocenters. The molecule has 2 aromatic carbocycles. The zero-order valence-electron chi connectivity index (χ0n) is 13.5. The van der Waals surface area contributed by atoms with Crippen molar-refractivity contribution in [1.82, 2.24) is 0 Å². The van der Waals surface area contributed by atoms with Gasteiger partial charge in [0.05, 0.1) is 21.0 Å². The van der Waals surface area contributed by atoms with E-state index in [1.165, 1.54) is 31.3 Å². The molecule has 0 aromatic heterocycles. The van der Waals surface area contributed by atoms with Crippen LogP contribution in [0.3, 0.4) is 0 Å². The number of nitrogens with one attached hydrogen (secondary N) is 1. The Kier molecular flexibility index (Phi) is 7.91. The number of hydrogen-bond donors (Lipinski definition) is 1. The molecule has 0 saturated heterocycles. The van der Waals surface area contributed by atoms with E-state index in [4.69, 9.17) is 11.6 Å². The van der Waals surface area contributed by atoms with Gasteiger partial charge in [0.2, 0.25) is 0 Å². The molecule has 0 heterocycles. The topological polar surface area (TPSA) is 98.3 Å². The molecule has 0 bridgehead atoms. The molecular weight excluding hydrogens is 398 g/mol. The van der Waals surface area contributed by atoms with Crippen LogP contribution in [0.2, 0.25) is 5.02 Å². The smallest absolute Gasteiger partial charge is 0.301 e. The molecule has 0 aliphatic heterocycles. The molecule has 2 aromatic rings.